The highest BCUT2D eigenvalue weighted by molar-refractivity contribution is 6.07. The Morgan fingerprint density at radius 1 is 1.31 bits per heavy atom. The van der Waals surface area contributed by atoms with Gasteiger partial charge in [0.2, 0.25) is 0 Å². The summed E-state index contributed by atoms with van der Waals surface area (Å²) < 4.78 is 5.54. The lowest BCUT2D eigenvalue weighted by Crippen LogP contribution is -2.59. The van der Waals surface area contributed by atoms with Crippen molar-refractivity contribution < 1.29 is 9.53 Å². The van der Waals surface area contributed by atoms with E-state index in [4.69, 9.17) is 4.74 Å². The summed E-state index contributed by atoms with van der Waals surface area (Å²) >= 11 is 0. The molecular weight excluding hydrogens is 322 g/mol. The highest BCUT2D eigenvalue weighted by Gasteiger charge is 2.48. The van der Waals surface area contributed by atoms with Gasteiger partial charge in [-0.2, -0.15) is 0 Å². The van der Waals surface area contributed by atoms with Crippen molar-refractivity contribution in [1.29, 1.82) is 0 Å². The van der Waals surface area contributed by atoms with E-state index in [0.717, 1.165) is 62.1 Å². The number of allylic oxidation sites excluding steroid dienone is 3. The van der Waals surface area contributed by atoms with E-state index >= 15 is 0 Å². The summed E-state index contributed by atoms with van der Waals surface area (Å²) in [5.41, 5.74) is 3.01. The van der Waals surface area contributed by atoms with Crippen molar-refractivity contribution in [3.05, 3.63) is 53.1 Å². The molecule has 1 aromatic rings. The van der Waals surface area contributed by atoms with Gasteiger partial charge in [-0.3, -0.25) is 9.69 Å². The number of hydrogen-bond acceptors (Lipinski definition) is 3. The molecule has 0 radical (unpaired) electrons. The second-order valence-corrected chi connectivity index (χ2v) is 7.59. The van der Waals surface area contributed by atoms with E-state index in [1.54, 1.807) is 7.11 Å². The first-order valence-corrected chi connectivity index (χ1v) is 9.86. The van der Waals surface area contributed by atoms with Crippen LogP contribution >= 0.6 is 0 Å². The topological polar surface area (TPSA) is 29.5 Å². The predicted octanol–water partition coefficient (Wildman–Crippen LogP) is 4.96. The zero-order chi connectivity index (χ0) is 18.6. The molecule has 1 heterocycles. The molecule has 0 N–H and O–H groups in total. The first-order valence-electron chi connectivity index (χ1n) is 9.86. The molecular formula is C23H31NO2. The maximum atomic E-state index is 13.7. The quantitative estimate of drug-likeness (QED) is 0.701. The second-order valence-electron chi connectivity index (χ2n) is 7.59. The standard InChI is InChI=1S/C23H31NO2/c1-4-5-9-18(2)13-17-24-16-7-6-14-23(24)15-12-19-10-8-11-20(26-3)21(19)22(23)25/h4-5,8-11H,6-7,12-17H2,1-3H3/b5-4-,18-9+. The number of Topliss-reactive ketones (excluding diaryl/α,β-unsaturated/α-hetero) is 1. The fourth-order valence-corrected chi connectivity index (χ4v) is 4.51. The molecule has 0 saturated carbocycles. The van der Waals surface area contributed by atoms with Gasteiger partial charge in [0.05, 0.1) is 18.2 Å². The molecule has 1 aliphatic heterocycles. The Morgan fingerprint density at radius 3 is 2.92 bits per heavy atom. The van der Waals surface area contributed by atoms with Crippen LogP contribution < -0.4 is 4.74 Å². The minimum atomic E-state index is -0.333. The van der Waals surface area contributed by atoms with Crippen LogP contribution in [0.2, 0.25) is 0 Å². The third kappa shape index (κ3) is 3.50. The van der Waals surface area contributed by atoms with Gasteiger partial charge in [0.1, 0.15) is 5.75 Å². The minimum Gasteiger partial charge on any atom is -0.496 e. The van der Waals surface area contributed by atoms with Crippen molar-refractivity contribution in [3.63, 3.8) is 0 Å². The molecule has 2 aliphatic rings. The van der Waals surface area contributed by atoms with Gasteiger partial charge in [0, 0.05) is 6.54 Å². The number of methoxy groups -OCH3 is 1. The van der Waals surface area contributed by atoms with Gasteiger partial charge in [-0.15, -0.1) is 0 Å². The highest BCUT2D eigenvalue weighted by Crippen LogP contribution is 2.42. The Bertz CT molecular complexity index is 705. The molecule has 1 spiro atoms. The van der Waals surface area contributed by atoms with Crippen LogP contribution in [0.5, 0.6) is 5.75 Å². The van der Waals surface area contributed by atoms with Crippen molar-refractivity contribution in [1.82, 2.24) is 4.90 Å². The molecule has 3 rings (SSSR count). The molecule has 0 aromatic heterocycles. The summed E-state index contributed by atoms with van der Waals surface area (Å²) in [7, 11) is 1.66. The molecule has 1 aromatic carbocycles. The summed E-state index contributed by atoms with van der Waals surface area (Å²) in [6.07, 6.45) is 12.5. The lowest BCUT2D eigenvalue weighted by Gasteiger charge is -2.48. The molecule has 140 valence electrons. The van der Waals surface area contributed by atoms with Crippen LogP contribution in [0.15, 0.2) is 42.0 Å². The van der Waals surface area contributed by atoms with Crippen molar-refractivity contribution in [2.75, 3.05) is 20.2 Å². The molecule has 0 bridgehead atoms. The van der Waals surface area contributed by atoms with Gasteiger partial charge < -0.3 is 4.74 Å². The normalized spacial score (nSPS) is 24.3. The largest absolute Gasteiger partial charge is 0.496 e. The fraction of sp³-hybridized carbons (Fsp3) is 0.522. The molecule has 1 fully saturated rings. The van der Waals surface area contributed by atoms with Crippen LogP contribution in [0.25, 0.3) is 0 Å². The van der Waals surface area contributed by atoms with E-state index in [0.29, 0.717) is 0 Å². The van der Waals surface area contributed by atoms with Gasteiger partial charge in [-0.05, 0) is 70.5 Å². The van der Waals surface area contributed by atoms with Gasteiger partial charge in [-0.25, -0.2) is 0 Å². The van der Waals surface area contributed by atoms with Gasteiger partial charge in [0.25, 0.3) is 0 Å². The van der Waals surface area contributed by atoms with E-state index in [1.165, 1.54) is 12.0 Å². The van der Waals surface area contributed by atoms with E-state index in [9.17, 15) is 4.79 Å². The zero-order valence-corrected chi connectivity index (χ0v) is 16.4. The first kappa shape index (κ1) is 18.9. The van der Waals surface area contributed by atoms with Crippen LogP contribution in [-0.4, -0.2) is 36.4 Å². The number of carbonyl (C=O) groups is 1. The zero-order valence-electron chi connectivity index (χ0n) is 16.4. The van der Waals surface area contributed by atoms with E-state index in [2.05, 4.69) is 36.1 Å². The molecule has 1 unspecified atom stereocenters. The Morgan fingerprint density at radius 2 is 2.15 bits per heavy atom. The number of hydrogen-bond donors (Lipinski definition) is 0. The number of likely N-dealkylation sites (tertiary alicyclic amines) is 1. The summed E-state index contributed by atoms with van der Waals surface area (Å²) in [6.45, 7) is 6.19. The van der Waals surface area contributed by atoms with Crippen LogP contribution in [0, 0.1) is 0 Å². The minimum absolute atomic E-state index is 0.283. The Kier molecular flexibility index (Phi) is 5.98. The number of nitrogens with zero attached hydrogens (tertiary/aromatic N) is 1. The molecule has 0 amide bonds. The predicted molar refractivity (Wildman–Crippen MR) is 107 cm³/mol. The number of aryl methyl sites for hydroxylation is 1. The first-order chi connectivity index (χ1) is 12.6. The number of fused-ring (bicyclic) bond motifs is 1. The average molecular weight is 354 g/mol. The molecule has 3 nitrogen and oxygen atoms in total. The molecule has 1 saturated heterocycles. The number of carbonyl (C=O) groups excluding carboxylic acids is 1. The average Bonchev–Trinajstić information content (AvgIpc) is 2.68. The van der Waals surface area contributed by atoms with Crippen molar-refractivity contribution in [2.45, 2.75) is 57.9 Å². The SMILES string of the molecule is C/C=C\C=C(/C)CCN1CCCCC12CCc1cccc(OC)c1C2=O. The Hall–Kier alpha value is -1.87. The van der Waals surface area contributed by atoms with Crippen molar-refractivity contribution in [3.8, 4) is 5.75 Å². The molecule has 26 heavy (non-hydrogen) atoms. The lowest BCUT2D eigenvalue weighted by molar-refractivity contribution is 0.0295. The van der Waals surface area contributed by atoms with E-state index < -0.39 is 0 Å². The summed E-state index contributed by atoms with van der Waals surface area (Å²) in [5.74, 6) is 1.02. The van der Waals surface area contributed by atoms with E-state index in [-0.39, 0.29) is 11.3 Å². The summed E-state index contributed by atoms with van der Waals surface area (Å²) in [4.78, 5) is 16.1. The molecule has 3 heteroatoms. The van der Waals surface area contributed by atoms with Crippen LogP contribution in [0.3, 0.4) is 0 Å². The van der Waals surface area contributed by atoms with Gasteiger partial charge >= 0.3 is 0 Å². The maximum Gasteiger partial charge on any atom is 0.187 e. The van der Waals surface area contributed by atoms with Crippen LogP contribution in [-0.2, 0) is 6.42 Å². The second kappa shape index (κ2) is 8.22. The number of benzene rings is 1. The smallest absolute Gasteiger partial charge is 0.187 e. The fourth-order valence-electron chi connectivity index (χ4n) is 4.51. The molecule has 1 atom stereocenters. The number of piperidine rings is 1. The Balaban J connectivity index is 1.87. The van der Waals surface area contributed by atoms with Crippen LogP contribution in [0.1, 0.15) is 61.9 Å². The third-order valence-electron chi connectivity index (χ3n) is 6.01. The Labute approximate surface area is 157 Å². The van der Waals surface area contributed by atoms with Crippen molar-refractivity contribution in [2.24, 2.45) is 0 Å². The van der Waals surface area contributed by atoms with Gasteiger partial charge in [0.15, 0.2) is 5.78 Å². The maximum absolute atomic E-state index is 13.7. The number of ketones is 1. The van der Waals surface area contributed by atoms with Crippen molar-refractivity contribution >= 4 is 5.78 Å². The summed E-state index contributed by atoms with van der Waals surface area (Å²) in [5, 5.41) is 0. The lowest BCUT2D eigenvalue weighted by atomic mass is 9.71. The van der Waals surface area contributed by atoms with E-state index in [1.807, 2.05) is 19.1 Å². The van der Waals surface area contributed by atoms with Crippen LogP contribution in [0.4, 0.5) is 0 Å². The number of ether oxygens (including phenoxy) is 1. The highest BCUT2D eigenvalue weighted by atomic mass is 16.5. The molecule has 1 aliphatic carbocycles. The third-order valence-corrected chi connectivity index (χ3v) is 6.01. The summed E-state index contributed by atoms with van der Waals surface area (Å²) in [6, 6.07) is 6.00. The number of rotatable bonds is 5. The van der Waals surface area contributed by atoms with Gasteiger partial charge in [-0.1, -0.05) is 35.9 Å². The monoisotopic (exact) mass is 353 g/mol.